The van der Waals surface area contributed by atoms with Crippen molar-refractivity contribution in [3.63, 3.8) is 0 Å². The molecule has 2 nitrogen and oxygen atoms in total. The smallest absolute Gasteiger partial charge is 0.327 e. The first-order valence-corrected chi connectivity index (χ1v) is 6.17. The molecule has 2 aliphatic rings. The van der Waals surface area contributed by atoms with E-state index >= 15 is 0 Å². The van der Waals surface area contributed by atoms with E-state index in [9.17, 15) is 4.79 Å². The van der Waals surface area contributed by atoms with Gasteiger partial charge in [0, 0.05) is 6.08 Å². The van der Waals surface area contributed by atoms with Gasteiger partial charge in [-0.2, -0.15) is 0 Å². The third kappa shape index (κ3) is 2.83. The molecule has 2 rings (SSSR count). The quantitative estimate of drug-likeness (QED) is 0.707. The monoisotopic (exact) mass is 208 g/mol. The van der Waals surface area contributed by atoms with Crippen LogP contribution in [0.4, 0.5) is 0 Å². The molecule has 3 unspecified atom stereocenters. The molecule has 3 atom stereocenters. The largest absolute Gasteiger partial charge is 0.478 e. The van der Waals surface area contributed by atoms with E-state index in [2.05, 4.69) is 0 Å². The van der Waals surface area contributed by atoms with E-state index in [-0.39, 0.29) is 0 Å². The van der Waals surface area contributed by atoms with Crippen LogP contribution in [0.15, 0.2) is 12.2 Å². The lowest BCUT2D eigenvalue weighted by Gasteiger charge is -2.38. The number of rotatable bonds is 2. The van der Waals surface area contributed by atoms with Crippen molar-refractivity contribution < 1.29 is 9.90 Å². The Labute approximate surface area is 91.4 Å². The van der Waals surface area contributed by atoms with Crippen LogP contribution in [0.2, 0.25) is 0 Å². The zero-order valence-corrected chi connectivity index (χ0v) is 9.19. The highest BCUT2D eigenvalue weighted by atomic mass is 16.4. The normalized spacial score (nSPS) is 36.4. The number of aliphatic carboxylic acids is 1. The highest BCUT2D eigenvalue weighted by molar-refractivity contribution is 5.79. The van der Waals surface area contributed by atoms with Crippen LogP contribution in [0.5, 0.6) is 0 Å². The average molecular weight is 208 g/mol. The minimum Gasteiger partial charge on any atom is -0.478 e. The Kier molecular flexibility index (Phi) is 3.45. The Balaban J connectivity index is 1.88. The number of carboxylic acids is 1. The highest BCUT2D eigenvalue weighted by Crippen LogP contribution is 2.42. The molecule has 15 heavy (non-hydrogen) atoms. The van der Waals surface area contributed by atoms with Gasteiger partial charge in [0.1, 0.15) is 0 Å². The number of allylic oxidation sites excluding steroid dienone is 1. The summed E-state index contributed by atoms with van der Waals surface area (Å²) >= 11 is 0. The fourth-order valence-electron chi connectivity index (χ4n) is 3.30. The van der Waals surface area contributed by atoms with Crippen molar-refractivity contribution >= 4 is 5.97 Å². The van der Waals surface area contributed by atoms with Gasteiger partial charge in [-0.15, -0.1) is 0 Å². The maximum absolute atomic E-state index is 10.4. The van der Waals surface area contributed by atoms with Gasteiger partial charge in [0.2, 0.25) is 0 Å². The van der Waals surface area contributed by atoms with Gasteiger partial charge in [-0.3, -0.25) is 0 Å². The Morgan fingerprint density at radius 2 is 1.80 bits per heavy atom. The van der Waals surface area contributed by atoms with Crippen LogP contribution in [-0.4, -0.2) is 11.1 Å². The minimum atomic E-state index is -0.805. The first-order chi connectivity index (χ1) is 7.25. The summed E-state index contributed by atoms with van der Waals surface area (Å²) in [6.45, 7) is 0. The second-order valence-electron chi connectivity index (χ2n) is 5.08. The molecule has 0 spiro atoms. The summed E-state index contributed by atoms with van der Waals surface area (Å²) < 4.78 is 0. The van der Waals surface area contributed by atoms with E-state index < -0.39 is 5.97 Å². The van der Waals surface area contributed by atoms with Crippen LogP contribution >= 0.6 is 0 Å². The summed E-state index contributed by atoms with van der Waals surface area (Å²) in [6.07, 6.45) is 12.6. The maximum atomic E-state index is 10.4. The van der Waals surface area contributed by atoms with Gasteiger partial charge in [0.15, 0.2) is 0 Å². The van der Waals surface area contributed by atoms with E-state index in [0.717, 1.165) is 11.8 Å². The highest BCUT2D eigenvalue weighted by Gasteiger charge is 2.30. The minimum absolute atomic E-state index is 0.528. The van der Waals surface area contributed by atoms with Crippen LogP contribution in [0.1, 0.15) is 44.9 Å². The molecule has 0 aliphatic heterocycles. The zero-order chi connectivity index (χ0) is 10.7. The van der Waals surface area contributed by atoms with Gasteiger partial charge in [-0.05, 0) is 37.0 Å². The van der Waals surface area contributed by atoms with E-state index in [1.54, 1.807) is 0 Å². The topological polar surface area (TPSA) is 37.3 Å². The standard InChI is InChI=1S/C13H20O2/c14-13(15)8-6-10-5-7-11-3-1-2-4-12(11)9-10/h6,8,10-12H,1-5,7,9H2,(H,14,15). The van der Waals surface area contributed by atoms with Crippen molar-refractivity contribution in [1.82, 2.24) is 0 Å². The van der Waals surface area contributed by atoms with Crippen molar-refractivity contribution in [2.75, 3.05) is 0 Å². The van der Waals surface area contributed by atoms with Crippen molar-refractivity contribution in [3.8, 4) is 0 Å². The molecule has 2 saturated carbocycles. The molecule has 0 aromatic rings. The van der Waals surface area contributed by atoms with Crippen molar-refractivity contribution in [2.45, 2.75) is 44.9 Å². The summed E-state index contributed by atoms with van der Waals surface area (Å²) in [7, 11) is 0. The number of carbonyl (C=O) groups is 1. The molecule has 0 aromatic heterocycles. The van der Waals surface area contributed by atoms with Crippen molar-refractivity contribution in [2.24, 2.45) is 17.8 Å². The second kappa shape index (κ2) is 4.82. The van der Waals surface area contributed by atoms with Crippen molar-refractivity contribution in [3.05, 3.63) is 12.2 Å². The number of hydrogen-bond donors (Lipinski definition) is 1. The van der Waals surface area contributed by atoms with Gasteiger partial charge in [-0.1, -0.05) is 31.8 Å². The third-order valence-electron chi connectivity index (χ3n) is 4.09. The number of hydrogen-bond acceptors (Lipinski definition) is 1. The summed E-state index contributed by atoms with van der Waals surface area (Å²) in [5.41, 5.74) is 0. The van der Waals surface area contributed by atoms with E-state index in [1.807, 2.05) is 6.08 Å². The molecule has 2 fully saturated rings. The molecule has 0 bridgehead atoms. The Morgan fingerprint density at radius 3 is 2.53 bits per heavy atom. The van der Waals surface area contributed by atoms with Crippen LogP contribution in [0, 0.1) is 17.8 Å². The second-order valence-corrected chi connectivity index (χ2v) is 5.08. The number of fused-ring (bicyclic) bond motifs is 1. The Hall–Kier alpha value is -0.790. The molecular weight excluding hydrogens is 188 g/mol. The molecule has 0 saturated heterocycles. The predicted molar refractivity (Wildman–Crippen MR) is 59.6 cm³/mol. The van der Waals surface area contributed by atoms with Gasteiger partial charge in [-0.25, -0.2) is 4.79 Å². The fraction of sp³-hybridized carbons (Fsp3) is 0.769. The van der Waals surface area contributed by atoms with Crippen LogP contribution in [0.25, 0.3) is 0 Å². The lowest BCUT2D eigenvalue weighted by molar-refractivity contribution is -0.131. The lowest BCUT2D eigenvalue weighted by atomic mass is 9.67. The summed E-state index contributed by atoms with van der Waals surface area (Å²) in [5, 5.41) is 8.59. The number of carboxylic acid groups (broad SMARTS) is 1. The van der Waals surface area contributed by atoms with E-state index in [0.29, 0.717) is 5.92 Å². The van der Waals surface area contributed by atoms with Gasteiger partial charge < -0.3 is 5.11 Å². The molecule has 0 amide bonds. The SMILES string of the molecule is O=C(O)C=CC1CCC2CCCCC2C1. The molecular formula is C13H20O2. The molecule has 0 radical (unpaired) electrons. The van der Waals surface area contributed by atoms with E-state index in [4.69, 9.17) is 5.11 Å². The van der Waals surface area contributed by atoms with Gasteiger partial charge in [0.25, 0.3) is 0 Å². The molecule has 84 valence electrons. The Morgan fingerprint density at radius 1 is 1.07 bits per heavy atom. The third-order valence-corrected chi connectivity index (χ3v) is 4.09. The summed E-state index contributed by atoms with van der Waals surface area (Å²) in [4.78, 5) is 10.4. The lowest BCUT2D eigenvalue weighted by Crippen LogP contribution is -2.27. The molecule has 2 heteroatoms. The van der Waals surface area contributed by atoms with Gasteiger partial charge >= 0.3 is 5.97 Å². The fourth-order valence-corrected chi connectivity index (χ4v) is 3.30. The molecule has 1 N–H and O–H groups in total. The molecule has 0 aromatic carbocycles. The van der Waals surface area contributed by atoms with Gasteiger partial charge in [0.05, 0.1) is 0 Å². The van der Waals surface area contributed by atoms with E-state index in [1.165, 1.54) is 51.0 Å². The molecule has 2 aliphatic carbocycles. The van der Waals surface area contributed by atoms with Crippen LogP contribution in [0.3, 0.4) is 0 Å². The zero-order valence-electron chi connectivity index (χ0n) is 9.19. The predicted octanol–water partition coefficient (Wildman–Crippen LogP) is 3.23. The van der Waals surface area contributed by atoms with Crippen molar-refractivity contribution in [1.29, 1.82) is 0 Å². The van der Waals surface area contributed by atoms with Crippen LogP contribution in [-0.2, 0) is 4.79 Å². The first kappa shape index (κ1) is 10.7. The first-order valence-electron chi connectivity index (χ1n) is 6.17. The Bertz CT molecular complexity index is 257. The molecule has 0 heterocycles. The average Bonchev–Trinajstić information content (AvgIpc) is 2.26. The summed E-state index contributed by atoms with van der Waals surface area (Å²) in [5.74, 6) is 1.56. The van der Waals surface area contributed by atoms with Crippen LogP contribution < -0.4 is 0 Å². The summed E-state index contributed by atoms with van der Waals surface area (Å²) in [6, 6.07) is 0. The maximum Gasteiger partial charge on any atom is 0.327 e.